The van der Waals surface area contributed by atoms with Crippen LogP contribution in [0.3, 0.4) is 0 Å². The molecule has 1 saturated carbocycles. The number of halogens is 1. The van der Waals surface area contributed by atoms with Gasteiger partial charge in [-0.15, -0.1) is 0 Å². The van der Waals surface area contributed by atoms with Gasteiger partial charge >= 0.3 is 0 Å². The molecule has 1 N–H and O–H groups in total. The van der Waals surface area contributed by atoms with Crippen LogP contribution in [0.4, 0.5) is 16.2 Å². The van der Waals surface area contributed by atoms with E-state index in [2.05, 4.69) is 25.3 Å². The molecule has 0 bridgehead atoms. The minimum absolute atomic E-state index is 0.178. The fourth-order valence-corrected chi connectivity index (χ4v) is 3.55. The second kappa shape index (κ2) is 6.90. The first-order chi connectivity index (χ1) is 12.2. The maximum atomic E-state index is 14.9. The van der Waals surface area contributed by atoms with E-state index in [1.807, 2.05) is 17.9 Å². The van der Waals surface area contributed by atoms with Crippen molar-refractivity contribution in [2.75, 3.05) is 23.3 Å². The minimum Gasteiger partial charge on any atom is -0.352 e. The fraction of sp³-hybridized carbons (Fsp3) is 0.556. The lowest BCUT2D eigenvalue weighted by Gasteiger charge is -2.34. The van der Waals surface area contributed by atoms with Crippen LogP contribution in [-0.2, 0) is 0 Å². The molecule has 1 aliphatic heterocycles. The predicted octanol–water partition coefficient (Wildman–Crippen LogP) is 3.06. The predicted molar refractivity (Wildman–Crippen MR) is 94.2 cm³/mol. The Labute approximate surface area is 146 Å². The second-order valence-corrected chi connectivity index (χ2v) is 6.98. The summed E-state index contributed by atoms with van der Waals surface area (Å²) in [5.74, 6) is 1.10. The molecule has 0 radical (unpaired) electrons. The fourth-order valence-electron chi connectivity index (χ4n) is 3.55. The zero-order chi connectivity index (χ0) is 17.2. The molecule has 6 nitrogen and oxygen atoms in total. The van der Waals surface area contributed by atoms with Crippen LogP contribution in [0.2, 0.25) is 0 Å². The molecule has 132 valence electrons. The number of aryl methyl sites for hydroxylation is 1. The Kier molecular flexibility index (Phi) is 4.46. The standard InChI is InChI=1S/C18H23FN6/c1-12-7-8-20-18(23-12)24-14-6-3-9-25(10-14)17-15(19)16(21-11-22-17)13-4-2-5-13/h7-8,11,13-14H,2-6,9-10H2,1H3,(H,20,23,24). The molecule has 0 aromatic carbocycles. The summed E-state index contributed by atoms with van der Waals surface area (Å²) in [5.41, 5.74) is 1.52. The Hall–Kier alpha value is -2.31. The molecule has 25 heavy (non-hydrogen) atoms. The Morgan fingerprint density at radius 3 is 2.80 bits per heavy atom. The van der Waals surface area contributed by atoms with Crippen molar-refractivity contribution in [1.29, 1.82) is 0 Å². The molecular formula is C18H23FN6. The number of nitrogens with zero attached hydrogens (tertiary/aromatic N) is 5. The van der Waals surface area contributed by atoms with Gasteiger partial charge in [0.2, 0.25) is 5.95 Å². The van der Waals surface area contributed by atoms with Gasteiger partial charge in [0.1, 0.15) is 6.33 Å². The third-order valence-corrected chi connectivity index (χ3v) is 5.14. The first-order valence-electron chi connectivity index (χ1n) is 9.02. The Morgan fingerprint density at radius 2 is 2.04 bits per heavy atom. The molecule has 1 aliphatic carbocycles. The van der Waals surface area contributed by atoms with Gasteiger partial charge in [0.15, 0.2) is 11.6 Å². The summed E-state index contributed by atoms with van der Waals surface area (Å²) in [4.78, 5) is 19.1. The number of nitrogens with one attached hydrogen (secondary N) is 1. The van der Waals surface area contributed by atoms with Gasteiger partial charge in [-0.2, -0.15) is 0 Å². The average molecular weight is 342 g/mol. The molecule has 0 spiro atoms. The number of rotatable bonds is 4. The number of piperidine rings is 1. The molecule has 2 fully saturated rings. The Morgan fingerprint density at radius 1 is 1.16 bits per heavy atom. The van der Waals surface area contributed by atoms with E-state index in [0.717, 1.165) is 44.3 Å². The van der Waals surface area contributed by atoms with Gasteiger partial charge < -0.3 is 10.2 Å². The highest BCUT2D eigenvalue weighted by Gasteiger charge is 2.29. The van der Waals surface area contributed by atoms with Crippen LogP contribution in [0.1, 0.15) is 49.4 Å². The molecule has 1 saturated heterocycles. The SMILES string of the molecule is Cc1ccnc(NC2CCCN(c3ncnc(C4CCC4)c3F)C2)n1. The van der Waals surface area contributed by atoms with Crippen molar-refractivity contribution in [3.63, 3.8) is 0 Å². The van der Waals surface area contributed by atoms with E-state index in [4.69, 9.17) is 0 Å². The summed E-state index contributed by atoms with van der Waals surface area (Å²) in [6.45, 7) is 3.44. The topological polar surface area (TPSA) is 66.8 Å². The maximum absolute atomic E-state index is 14.9. The quantitative estimate of drug-likeness (QED) is 0.921. The normalized spacial score (nSPS) is 21.0. The van der Waals surface area contributed by atoms with Gasteiger partial charge in [0.25, 0.3) is 0 Å². The highest BCUT2D eigenvalue weighted by Crippen LogP contribution is 2.38. The van der Waals surface area contributed by atoms with E-state index in [-0.39, 0.29) is 17.8 Å². The Bertz CT molecular complexity index is 748. The Balaban J connectivity index is 1.49. The van der Waals surface area contributed by atoms with Gasteiger partial charge in [-0.1, -0.05) is 6.42 Å². The molecule has 1 unspecified atom stereocenters. The van der Waals surface area contributed by atoms with E-state index in [1.54, 1.807) is 6.20 Å². The van der Waals surface area contributed by atoms with Gasteiger partial charge in [-0.3, -0.25) is 0 Å². The third-order valence-electron chi connectivity index (χ3n) is 5.14. The van der Waals surface area contributed by atoms with Crippen LogP contribution in [0, 0.1) is 12.7 Å². The van der Waals surface area contributed by atoms with Crippen LogP contribution in [0.5, 0.6) is 0 Å². The maximum Gasteiger partial charge on any atom is 0.223 e. The average Bonchev–Trinajstić information content (AvgIpc) is 2.55. The first-order valence-corrected chi connectivity index (χ1v) is 9.02. The van der Waals surface area contributed by atoms with E-state index >= 15 is 0 Å². The molecule has 2 aliphatic rings. The van der Waals surface area contributed by atoms with Crippen LogP contribution in [0.25, 0.3) is 0 Å². The summed E-state index contributed by atoms with van der Waals surface area (Å²) >= 11 is 0. The monoisotopic (exact) mass is 342 g/mol. The van der Waals surface area contributed by atoms with Crippen molar-refractivity contribution in [1.82, 2.24) is 19.9 Å². The molecule has 7 heteroatoms. The first kappa shape index (κ1) is 16.2. The van der Waals surface area contributed by atoms with E-state index in [0.29, 0.717) is 24.0 Å². The molecule has 4 rings (SSSR count). The lowest BCUT2D eigenvalue weighted by molar-refractivity contribution is 0.391. The van der Waals surface area contributed by atoms with Crippen molar-refractivity contribution in [3.8, 4) is 0 Å². The smallest absolute Gasteiger partial charge is 0.223 e. The van der Waals surface area contributed by atoms with Crippen LogP contribution in [-0.4, -0.2) is 39.1 Å². The highest BCUT2D eigenvalue weighted by molar-refractivity contribution is 5.43. The van der Waals surface area contributed by atoms with Crippen molar-refractivity contribution in [3.05, 3.63) is 35.8 Å². The van der Waals surface area contributed by atoms with Crippen LogP contribution in [0.15, 0.2) is 18.6 Å². The zero-order valence-electron chi connectivity index (χ0n) is 14.5. The van der Waals surface area contributed by atoms with E-state index < -0.39 is 0 Å². The number of hydrogen-bond donors (Lipinski definition) is 1. The molecular weight excluding hydrogens is 319 g/mol. The lowest BCUT2D eigenvalue weighted by Crippen LogP contribution is -2.43. The molecule has 3 heterocycles. The zero-order valence-corrected chi connectivity index (χ0v) is 14.5. The third kappa shape index (κ3) is 3.41. The summed E-state index contributed by atoms with van der Waals surface area (Å²) in [7, 11) is 0. The number of aromatic nitrogens is 4. The van der Waals surface area contributed by atoms with Gasteiger partial charge in [0.05, 0.1) is 5.69 Å². The van der Waals surface area contributed by atoms with Crippen molar-refractivity contribution >= 4 is 11.8 Å². The molecule has 0 amide bonds. The summed E-state index contributed by atoms with van der Waals surface area (Å²) in [6.07, 6.45) is 8.47. The largest absolute Gasteiger partial charge is 0.352 e. The van der Waals surface area contributed by atoms with E-state index in [9.17, 15) is 4.39 Å². The second-order valence-electron chi connectivity index (χ2n) is 6.98. The minimum atomic E-state index is -0.236. The number of hydrogen-bond acceptors (Lipinski definition) is 6. The van der Waals surface area contributed by atoms with Crippen LogP contribution < -0.4 is 10.2 Å². The van der Waals surface area contributed by atoms with Gasteiger partial charge in [-0.05, 0) is 38.7 Å². The summed E-state index contributed by atoms with van der Waals surface area (Å²) < 4.78 is 14.9. The van der Waals surface area contributed by atoms with Crippen molar-refractivity contribution in [2.45, 2.75) is 51.0 Å². The van der Waals surface area contributed by atoms with E-state index in [1.165, 1.54) is 6.33 Å². The van der Waals surface area contributed by atoms with Crippen LogP contribution >= 0.6 is 0 Å². The molecule has 2 aromatic rings. The van der Waals surface area contributed by atoms with Crippen molar-refractivity contribution < 1.29 is 4.39 Å². The summed E-state index contributed by atoms with van der Waals surface area (Å²) in [5, 5.41) is 3.37. The summed E-state index contributed by atoms with van der Waals surface area (Å²) in [6, 6.07) is 2.05. The highest BCUT2D eigenvalue weighted by atomic mass is 19.1. The van der Waals surface area contributed by atoms with Gasteiger partial charge in [0, 0.05) is 36.9 Å². The van der Waals surface area contributed by atoms with Gasteiger partial charge in [-0.25, -0.2) is 24.3 Å². The molecule has 1 atom stereocenters. The lowest BCUT2D eigenvalue weighted by atomic mass is 9.82. The molecule has 2 aromatic heterocycles. The van der Waals surface area contributed by atoms with Crippen molar-refractivity contribution in [2.24, 2.45) is 0 Å². The number of anilines is 2.